The summed E-state index contributed by atoms with van der Waals surface area (Å²) in [5.41, 5.74) is 1.79. The fraction of sp³-hybridized carbons (Fsp3) is 0.765. The van der Waals surface area contributed by atoms with Gasteiger partial charge >= 0.3 is 0 Å². The molecule has 0 spiro atoms. The molecule has 0 N–H and O–H groups in total. The zero-order chi connectivity index (χ0) is 16.2. The highest BCUT2D eigenvalue weighted by atomic mass is 16.5. The number of piperazine rings is 1. The van der Waals surface area contributed by atoms with Gasteiger partial charge in [-0.1, -0.05) is 0 Å². The first-order chi connectivity index (χ1) is 10.3. The standard InChI is InChI=1S/C17H30N4O/c1-14(2)21-10-8-20(9-11-21)12-15-6-7-16(19-18-15)13-22-17(3,4)5/h6-7,14H,8-13H2,1-5H3. The Kier molecular flexibility index (Phi) is 5.89. The van der Waals surface area contributed by atoms with Crippen molar-refractivity contribution in [2.24, 2.45) is 0 Å². The van der Waals surface area contributed by atoms with Crippen LogP contribution in [0.1, 0.15) is 46.0 Å². The maximum Gasteiger partial charge on any atom is 0.0913 e. The summed E-state index contributed by atoms with van der Waals surface area (Å²) in [5.74, 6) is 0. The van der Waals surface area contributed by atoms with E-state index in [-0.39, 0.29) is 5.60 Å². The number of nitrogens with zero attached hydrogens (tertiary/aromatic N) is 4. The third-order valence-corrected chi connectivity index (χ3v) is 3.95. The first-order valence-electron chi connectivity index (χ1n) is 8.25. The molecule has 1 fully saturated rings. The molecule has 124 valence electrons. The van der Waals surface area contributed by atoms with E-state index in [1.54, 1.807) is 0 Å². The van der Waals surface area contributed by atoms with E-state index in [1.807, 2.05) is 26.8 Å². The van der Waals surface area contributed by atoms with Crippen LogP contribution in [0.5, 0.6) is 0 Å². The van der Waals surface area contributed by atoms with Gasteiger partial charge in [0.2, 0.25) is 0 Å². The maximum absolute atomic E-state index is 5.72. The molecule has 1 aliphatic heterocycles. The normalized spacial score (nSPS) is 18.1. The van der Waals surface area contributed by atoms with Gasteiger partial charge in [-0.25, -0.2) is 0 Å². The van der Waals surface area contributed by atoms with Crippen molar-refractivity contribution in [1.82, 2.24) is 20.0 Å². The molecule has 5 heteroatoms. The molecule has 0 saturated carbocycles. The lowest BCUT2D eigenvalue weighted by atomic mass is 10.2. The number of rotatable bonds is 5. The molecule has 0 amide bonds. The van der Waals surface area contributed by atoms with Gasteiger partial charge in [0.1, 0.15) is 0 Å². The highest BCUT2D eigenvalue weighted by molar-refractivity contribution is 5.06. The van der Waals surface area contributed by atoms with Crippen molar-refractivity contribution in [3.8, 4) is 0 Å². The zero-order valence-corrected chi connectivity index (χ0v) is 14.7. The van der Waals surface area contributed by atoms with Crippen LogP contribution >= 0.6 is 0 Å². The summed E-state index contributed by atoms with van der Waals surface area (Å²) in [4.78, 5) is 4.98. The Morgan fingerprint density at radius 2 is 1.64 bits per heavy atom. The molecule has 1 saturated heterocycles. The van der Waals surface area contributed by atoms with Gasteiger partial charge in [0.25, 0.3) is 0 Å². The second-order valence-electron chi connectivity index (χ2n) is 7.32. The Morgan fingerprint density at radius 1 is 1.05 bits per heavy atom. The van der Waals surface area contributed by atoms with E-state index in [1.165, 1.54) is 0 Å². The fourth-order valence-electron chi connectivity index (χ4n) is 2.51. The lowest BCUT2D eigenvalue weighted by Crippen LogP contribution is -2.48. The summed E-state index contributed by atoms with van der Waals surface area (Å²) in [6.45, 7) is 16.6. The van der Waals surface area contributed by atoms with Crippen LogP contribution in [-0.2, 0) is 17.9 Å². The van der Waals surface area contributed by atoms with Gasteiger partial charge in [0.15, 0.2) is 0 Å². The monoisotopic (exact) mass is 306 g/mol. The average molecular weight is 306 g/mol. The molecule has 22 heavy (non-hydrogen) atoms. The minimum atomic E-state index is -0.142. The van der Waals surface area contributed by atoms with Gasteiger partial charge in [-0.3, -0.25) is 9.80 Å². The highest BCUT2D eigenvalue weighted by Crippen LogP contribution is 2.12. The molecule has 0 atom stereocenters. The lowest BCUT2D eigenvalue weighted by Gasteiger charge is -2.36. The summed E-state index contributed by atoms with van der Waals surface area (Å²) in [6.07, 6.45) is 0. The van der Waals surface area contributed by atoms with Crippen LogP contribution in [0, 0.1) is 0 Å². The van der Waals surface area contributed by atoms with Crippen molar-refractivity contribution < 1.29 is 4.74 Å². The van der Waals surface area contributed by atoms with Crippen molar-refractivity contribution in [2.45, 2.75) is 59.4 Å². The van der Waals surface area contributed by atoms with Gasteiger partial charge in [-0.05, 0) is 46.8 Å². The van der Waals surface area contributed by atoms with Crippen LogP contribution in [0.4, 0.5) is 0 Å². The minimum Gasteiger partial charge on any atom is -0.370 e. The van der Waals surface area contributed by atoms with Gasteiger partial charge < -0.3 is 4.74 Å². The predicted octanol–water partition coefficient (Wildman–Crippen LogP) is 2.32. The van der Waals surface area contributed by atoms with Crippen LogP contribution in [-0.4, -0.2) is 57.8 Å². The molecule has 1 aliphatic rings. The van der Waals surface area contributed by atoms with Gasteiger partial charge in [-0.2, -0.15) is 10.2 Å². The van der Waals surface area contributed by atoms with E-state index in [2.05, 4.69) is 39.9 Å². The first kappa shape index (κ1) is 17.3. The van der Waals surface area contributed by atoms with Crippen LogP contribution in [0.15, 0.2) is 12.1 Å². The van der Waals surface area contributed by atoms with Crippen molar-refractivity contribution in [3.63, 3.8) is 0 Å². The van der Waals surface area contributed by atoms with Crippen molar-refractivity contribution in [1.29, 1.82) is 0 Å². The smallest absolute Gasteiger partial charge is 0.0913 e. The maximum atomic E-state index is 5.72. The van der Waals surface area contributed by atoms with Crippen molar-refractivity contribution in [3.05, 3.63) is 23.5 Å². The van der Waals surface area contributed by atoms with Gasteiger partial charge in [0.05, 0.1) is 23.6 Å². The van der Waals surface area contributed by atoms with E-state index < -0.39 is 0 Å². The summed E-state index contributed by atoms with van der Waals surface area (Å²) in [6, 6.07) is 4.74. The Bertz CT molecular complexity index is 445. The summed E-state index contributed by atoms with van der Waals surface area (Å²) >= 11 is 0. The third kappa shape index (κ3) is 5.63. The minimum absolute atomic E-state index is 0.142. The first-order valence-corrected chi connectivity index (χ1v) is 8.25. The highest BCUT2D eigenvalue weighted by Gasteiger charge is 2.19. The van der Waals surface area contributed by atoms with Crippen LogP contribution < -0.4 is 0 Å². The summed E-state index contributed by atoms with van der Waals surface area (Å²) < 4.78 is 5.72. The van der Waals surface area contributed by atoms with Gasteiger partial charge in [0, 0.05) is 38.8 Å². The Balaban J connectivity index is 1.79. The molecule has 2 heterocycles. The Labute approximate surface area is 134 Å². The molecule has 0 aliphatic carbocycles. The molecule has 2 rings (SSSR count). The topological polar surface area (TPSA) is 41.5 Å². The molecule has 0 bridgehead atoms. The van der Waals surface area contributed by atoms with Crippen LogP contribution in [0.3, 0.4) is 0 Å². The molecule has 0 radical (unpaired) electrons. The van der Waals surface area contributed by atoms with Gasteiger partial charge in [-0.15, -0.1) is 0 Å². The third-order valence-electron chi connectivity index (χ3n) is 3.95. The molecule has 1 aromatic heterocycles. The van der Waals surface area contributed by atoms with E-state index in [0.717, 1.165) is 44.1 Å². The second-order valence-corrected chi connectivity index (χ2v) is 7.32. The van der Waals surface area contributed by atoms with E-state index in [9.17, 15) is 0 Å². The molecular weight excluding hydrogens is 276 g/mol. The Morgan fingerprint density at radius 3 is 2.14 bits per heavy atom. The lowest BCUT2D eigenvalue weighted by molar-refractivity contribution is -0.0168. The predicted molar refractivity (Wildman–Crippen MR) is 88.6 cm³/mol. The molecule has 5 nitrogen and oxygen atoms in total. The van der Waals surface area contributed by atoms with Crippen LogP contribution in [0.2, 0.25) is 0 Å². The number of aromatic nitrogens is 2. The second kappa shape index (κ2) is 7.49. The summed E-state index contributed by atoms with van der Waals surface area (Å²) in [5, 5.41) is 8.62. The molecule has 1 aromatic rings. The number of hydrogen-bond donors (Lipinski definition) is 0. The molecular formula is C17H30N4O. The van der Waals surface area contributed by atoms with E-state index in [0.29, 0.717) is 12.6 Å². The SMILES string of the molecule is CC(C)N1CCN(Cc2ccc(COC(C)(C)C)nn2)CC1. The summed E-state index contributed by atoms with van der Waals surface area (Å²) in [7, 11) is 0. The fourth-order valence-corrected chi connectivity index (χ4v) is 2.51. The molecule has 0 unspecified atom stereocenters. The Hall–Kier alpha value is -1.04. The quantitative estimate of drug-likeness (QED) is 0.835. The van der Waals surface area contributed by atoms with Crippen LogP contribution in [0.25, 0.3) is 0 Å². The molecule has 0 aromatic carbocycles. The van der Waals surface area contributed by atoms with Crippen molar-refractivity contribution in [2.75, 3.05) is 26.2 Å². The number of ether oxygens (including phenoxy) is 1. The number of hydrogen-bond acceptors (Lipinski definition) is 5. The zero-order valence-electron chi connectivity index (χ0n) is 14.7. The van der Waals surface area contributed by atoms with E-state index >= 15 is 0 Å². The average Bonchev–Trinajstić information content (AvgIpc) is 2.46. The largest absolute Gasteiger partial charge is 0.370 e. The van der Waals surface area contributed by atoms with E-state index in [4.69, 9.17) is 4.74 Å². The van der Waals surface area contributed by atoms with Crippen molar-refractivity contribution >= 4 is 0 Å².